The van der Waals surface area contributed by atoms with Gasteiger partial charge in [-0.2, -0.15) is 0 Å². The maximum absolute atomic E-state index is 12.9. The summed E-state index contributed by atoms with van der Waals surface area (Å²) >= 11 is 0. The van der Waals surface area contributed by atoms with E-state index >= 15 is 0 Å². The fourth-order valence-corrected chi connectivity index (χ4v) is 4.74. The molecule has 0 heterocycles. The molecule has 2 aromatic rings. The first-order valence-electron chi connectivity index (χ1n) is 12.0. The van der Waals surface area contributed by atoms with Crippen molar-refractivity contribution in [3.05, 3.63) is 80.9 Å². The molecule has 0 fully saturated rings. The van der Waals surface area contributed by atoms with E-state index in [9.17, 15) is 19.2 Å². The number of ether oxygens (including phenoxy) is 2. The van der Waals surface area contributed by atoms with Crippen molar-refractivity contribution < 1.29 is 28.7 Å². The number of hydrogen-bond acceptors (Lipinski definition) is 6. The van der Waals surface area contributed by atoms with Crippen LogP contribution in [0.4, 0.5) is 0 Å². The zero-order valence-corrected chi connectivity index (χ0v) is 23.1. The second-order valence-corrected chi connectivity index (χ2v) is 9.94. The smallest absolute Gasteiger partial charge is 0.188 e. The van der Waals surface area contributed by atoms with E-state index in [4.69, 9.17) is 9.47 Å². The standard InChI is InChI=1S/C31H36O6/c1-17(2)27(34)25-19(5)15-23(29(21(25)7)36-13-11-32)31(9,10)24-16-20(6)26(28(35)18(3)4)22(8)30(24)37-14-12-33/h11-12,15-16H,1,3,13-14H2,2,4-10H3. The molecule has 0 aliphatic carbocycles. The van der Waals surface area contributed by atoms with Crippen LogP contribution >= 0.6 is 0 Å². The highest BCUT2D eigenvalue weighted by atomic mass is 16.5. The SMILES string of the molecule is C=C(C)C(=O)c1c(C)cc(C(C)(C)c2cc(C)c(C(=O)C(=C)C)c(C)c2OCC=O)c(OCC=O)c1C. The van der Waals surface area contributed by atoms with Crippen molar-refractivity contribution in [3.8, 4) is 11.5 Å². The Labute approximate surface area is 219 Å². The molecule has 0 spiro atoms. The first kappa shape index (κ1) is 29.4. The van der Waals surface area contributed by atoms with Gasteiger partial charge in [0.2, 0.25) is 0 Å². The van der Waals surface area contributed by atoms with Crippen molar-refractivity contribution in [1.82, 2.24) is 0 Å². The minimum absolute atomic E-state index is 0.188. The van der Waals surface area contributed by atoms with Gasteiger partial charge in [-0.1, -0.05) is 39.1 Å². The molecule has 0 radical (unpaired) electrons. The Morgan fingerprint density at radius 1 is 0.757 bits per heavy atom. The maximum Gasteiger partial charge on any atom is 0.188 e. The topological polar surface area (TPSA) is 86.7 Å². The summed E-state index contributed by atoms with van der Waals surface area (Å²) in [5.74, 6) is 0.455. The lowest BCUT2D eigenvalue weighted by Crippen LogP contribution is -2.25. The quantitative estimate of drug-likeness (QED) is 0.203. The summed E-state index contributed by atoms with van der Waals surface area (Å²) in [5, 5.41) is 0. The molecule has 0 unspecified atom stereocenters. The van der Waals surface area contributed by atoms with E-state index in [0.29, 0.717) is 57.5 Å². The minimum Gasteiger partial charge on any atom is -0.486 e. The summed E-state index contributed by atoms with van der Waals surface area (Å²) in [6.45, 7) is 21.7. The molecule has 0 aliphatic rings. The predicted molar refractivity (Wildman–Crippen MR) is 145 cm³/mol. The number of carbonyl (C=O) groups excluding carboxylic acids is 4. The first-order valence-corrected chi connectivity index (χ1v) is 12.0. The molecule has 2 aromatic carbocycles. The van der Waals surface area contributed by atoms with Crippen molar-refractivity contribution in [2.24, 2.45) is 0 Å². The molecule has 6 nitrogen and oxygen atoms in total. The lowest BCUT2D eigenvalue weighted by atomic mass is 9.73. The second kappa shape index (κ2) is 11.5. The first-order chi connectivity index (χ1) is 17.2. The normalized spacial score (nSPS) is 11.0. The number of ketones is 2. The molecule has 0 N–H and O–H groups in total. The van der Waals surface area contributed by atoms with Crippen LogP contribution in [0.25, 0.3) is 0 Å². The molecular formula is C31H36O6. The van der Waals surface area contributed by atoms with Gasteiger partial charge in [0.05, 0.1) is 0 Å². The van der Waals surface area contributed by atoms with Gasteiger partial charge in [-0.25, -0.2) is 0 Å². The number of aldehydes is 2. The third kappa shape index (κ3) is 5.63. The Kier molecular flexibility index (Phi) is 9.15. The Hall–Kier alpha value is -3.80. The van der Waals surface area contributed by atoms with Gasteiger partial charge in [-0.05, 0) is 63.8 Å². The third-order valence-corrected chi connectivity index (χ3v) is 6.60. The van der Waals surface area contributed by atoms with Crippen molar-refractivity contribution in [2.45, 2.75) is 60.8 Å². The van der Waals surface area contributed by atoms with Crippen molar-refractivity contribution in [3.63, 3.8) is 0 Å². The van der Waals surface area contributed by atoms with Gasteiger partial charge in [-0.15, -0.1) is 0 Å². The lowest BCUT2D eigenvalue weighted by molar-refractivity contribution is -0.110. The van der Waals surface area contributed by atoms with Crippen molar-refractivity contribution in [2.75, 3.05) is 13.2 Å². The summed E-state index contributed by atoms with van der Waals surface area (Å²) in [7, 11) is 0. The van der Waals surface area contributed by atoms with Crippen LogP contribution in [-0.4, -0.2) is 37.4 Å². The Balaban J connectivity index is 2.97. The Morgan fingerprint density at radius 2 is 1.08 bits per heavy atom. The van der Waals surface area contributed by atoms with Gasteiger partial charge in [0.25, 0.3) is 0 Å². The molecule has 0 aromatic heterocycles. The van der Waals surface area contributed by atoms with Crippen LogP contribution in [0, 0.1) is 27.7 Å². The molecule has 37 heavy (non-hydrogen) atoms. The predicted octanol–water partition coefficient (Wildman–Crippen LogP) is 5.92. The lowest BCUT2D eigenvalue weighted by Gasteiger charge is -2.33. The van der Waals surface area contributed by atoms with E-state index < -0.39 is 5.41 Å². The molecule has 6 heteroatoms. The highest BCUT2D eigenvalue weighted by molar-refractivity contribution is 6.11. The summed E-state index contributed by atoms with van der Waals surface area (Å²) in [5.41, 5.74) is 5.15. The maximum atomic E-state index is 12.9. The van der Waals surface area contributed by atoms with Gasteiger partial charge in [0.1, 0.15) is 24.7 Å². The van der Waals surface area contributed by atoms with Crippen LogP contribution in [0.2, 0.25) is 0 Å². The molecule has 2 rings (SSSR count). The van der Waals surface area contributed by atoms with Crippen LogP contribution in [-0.2, 0) is 15.0 Å². The average Bonchev–Trinajstić information content (AvgIpc) is 2.81. The molecule has 0 saturated carbocycles. The van der Waals surface area contributed by atoms with Crippen molar-refractivity contribution >= 4 is 24.1 Å². The van der Waals surface area contributed by atoms with Crippen LogP contribution in [0.15, 0.2) is 36.4 Å². The third-order valence-electron chi connectivity index (χ3n) is 6.60. The highest BCUT2D eigenvalue weighted by Crippen LogP contribution is 2.46. The number of benzene rings is 2. The molecule has 196 valence electrons. The summed E-state index contributed by atoms with van der Waals surface area (Å²) < 4.78 is 11.8. The van der Waals surface area contributed by atoms with E-state index in [1.807, 2.05) is 39.8 Å². The molecular weight excluding hydrogens is 468 g/mol. The molecule has 0 saturated heterocycles. The van der Waals surface area contributed by atoms with E-state index in [2.05, 4.69) is 13.2 Å². The van der Waals surface area contributed by atoms with Crippen LogP contribution in [0.1, 0.15) is 81.8 Å². The number of aryl methyl sites for hydroxylation is 2. The number of Topliss-reactive ketones (excluding diaryl/α,β-unsaturated/α-hetero) is 2. The van der Waals surface area contributed by atoms with E-state index in [1.54, 1.807) is 27.7 Å². The largest absolute Gasteiger partial charge is 0.486 e. The fraction of sp³-hybridized carbons (Fsp3) is 0.355. The fourth-order valence-electron chi connectivity index (χ4n) is 4.74. The van der Waals surface area contributed by atoms with E-state index in [-0.39, 0.29) is 24.8 Å². The highest BCUT2D eigenvalue weighted by Gasteiger charge is 2.35. The molecule has 0 bridgehead atoms. The van der Waals surface area contributed by atoms with E-state index in [1.165, 1.54) is 0 Å². The number of carbonyl (C=O) groups is 4. The minimum atomic E-state index is -0.781. The van der Waals surface area contributed by atoms with Gasteiger partial charge >= 0.3 is 0 Å². The number of allylic oxidation sites excluding steroid dienone is 2. The van der Waals surface area contributed by atoms with Crippen LogP contribution in [0.3, 0.4) is 0 Å². The Morgan fingerprint density at radius 3 is 1.35 bits per heavy atom. The van der Waals surface area contributed by atoms with Crippen LogP contribution in [0.5, 0.6) is 11.5 Å². The van der Waals surface area contributed by atoms with Gasteiger partial charge in [0.15, 0.2) is 24.1 Å². The Bertz CT molecular complexity index is 1210. The summed E-state index contributed by atoms with van der Waals surface area (Å²) in [6, 6.07) is 3.76. The molecule has 0 aliphatic heterocycles. The monoisotopic (exact) mass is 504 g/mol. The van der Waals surface area contributed by atoms with Crippen molar-refractivity contribution in [1.29, 1.82) is 0 Å². The van der Waals surface area contributed by atoms with Crippen LogP contribution < -0.4 is 9.47 Å². The molecule has 0 amide bonds. The van der Waals surface area contributed by atoms with Gasteiger partial charge < -0.3 is 9.47 Å². The second-order valence-electron chi connectivity index (χ2n) is 9.94. The van der Waals surface area contributed by atoms with Gasteiger partial charge in [0, 0.05) is 38.8 Å². The van der Waals surface area contributed by atoms with Gasteiger partial charge in [-0.3, -0.25) is 19.2 Å². The average molecular weight is 505 g/mol. The zero-order chi connectivity index (χ0) is 28.2. The molecule has 0 atom stereocenters. The summed E-state index contributed by atoms with van der Waals surface area (Å²) in [4.78, 5) is 48.4. The zero-order valence-electron chi connectivity index (χ0n) is 23.1. The summed E-state index contributed by atoms with van der Waals surface area (Å²) in [6.07, 6.45) is 1.31. The number of rotatable bonds is 12. The van der Waals surface area contributed by atoms with E-state index in [0.717, 1.165) is 22.3 Å². The number of hydrogen-bond donors (Lipinski definition) is 0.